The summed E-state index contributed by atoms with van der Waals surface area (Å²) in [5, 5.41) is 16.6. The minimum absolute atomic E-state index is 0.116. The molecule has 4 aliphatic rings. The quantitative estimate of drug-likeness (QED) is 0.137. The smallest absolute Gasteiger partial charge is 0.247 e. The molecular weight excluding hydrogens is 856 g/mol. The molecule has 0 aromatic heterocycles. The van der Waals surface area contributed by atoms with Crippen molar-refractivity contribution in [2.75, 3.05) is 21.7 Å². The van der Waals surface area contributed by atoms with Gasteiger partial charge < -0.3 is 20.2 Å². The molecule has 0 spiro atoms. The van der Waals surface area contributed by atoms with Gasteiger partial charge in [0.25, 0.3) is 0 Å². The summed E-state index contributed by atoms with van der Waals surface area (Å²) in [6.45, 7) is 21.7. The van der Waals surface area contributed by atoms with Crippen LogP contribution in [0.1, 0.15) is 93.2 Å². The summed E-state index contributed by atoms with van der Waals surface area (Å²) in [5.74, 6) is -0.0367. The number of nitrogens with one attached hydrogen (secondary N) is 1. The van der Waals surface area contributed by atoms with Crippen molar-refractivity contribution in [3.8, 4) is 0 Å². The highest BCUT2D eigenvalue weighted by Crippen LogP contribution is 2.53. The number of fused-ring (bicyclic) bond motifs is 2. The Kier molecular flexibility index (Phi) is 13.1. The van der Waals surface area contributed by atoms with Gasteiger partial charge in [-0.3, -0.25) is 14.4 Å². The third-order valence-electron chi connectivity index (χ3n) is 13.0. The van der Waals surface area contributed by atoms with Crippen molar-refractivity contribution in [3.05, 3.63) is 122 Å². The van der Waals surface area contributed by atoms with Crippen LogP contribution in [0.25, 0.3) is 5.57 Å². The molecule has 0 saturated carbocycles. The van der Waals surface area contributed by atoms with E-state index in [1.54, 1.807) is 23.5 Å². The Hall–Kier alpha value is -4.22. The Balaban J connectivity index is 1.29. The molecule has 2 aliphatic heterocycles. The molecule has 2 aliphatic carbocycles. The number of aliphatic hydroxyl groups excluding tert-OH is 1. The number of aliphatic hydroxyl groups is 1. The van der Waals surface area contributed by atoms with E-state index in [1.807, 2.05) is 72.8 Å². The van der Waals surface area contributed by atoms with Crippen LogP contribution in [0.15, 0.2) is 116 Å². The van der Waals surface area contributed by atoms with Crippen LogP contribution < -0.4 is 10.2 Å². The number of rotatable bonds is 12. The van der Waals surface area contributed by atoms with E-state index in [4.69, 9.17) is 23.2 Å². The van der Waals surface area contributed by atoms with Crippen molar-refractivity contribution in [3.63, 3.8) is 0 Å². The summed E-state index contributed by atoms with van der Waals surface area (Å²) >= 11 is 15.3. The molecule has 0 radical (unpaired) electrons. The second-order valence-electron chi connectivity index (χ2n) is 18.2. The third-order valence-corrected chi connectivity index (χ3v) is 15.6. The normalized spacial score (nSPS) is 22.0. The Labute approximate surface area is 385 Å². The van der Waals surface area contributed by atoms with Crippen molar-refractivity contribution < 1.29 is 19.5 Å². The molecule has 2 unspecified atom stereocenters. The maximum absolute atomic E-state index is 14.8. The first kappa shape index (κ1) is 45.8. The highest BCUT2D eigenvalue weighted by molar-refractivity contribution is 7.99. The Bertz CT molecular complexity index is 2480. The van der Waals surface area contributed by atoms with Gasteiger partial charge in [-0.1, -0.05) is 50.9 Å². The molecule has 12 heteroatoms. The highest BCUT2D eigenvalue weighted by Gasteiger charge is 2.49. The number of thioether (sulfide) groups is 2. The monoisotopic (exact) mass is 910 g/mol. The number of carbonyl (C=O) groups excluding carboxylic acids is 3. The van der Waals surface area contributed by atoms with Crippen LogP contribution in [0.5, 0.6) is 0 Å². The SMILES string of the molecule is CC(C)N1C2=CC(=NC(=O)CCSc3ccc(Cl)cc3)/C(=C3\C(=O)C(c4cc5c(cc4NC(=O)CCSc4ccc(Cl)cc4)N(C(C)C)C(C)C5(C)C)=C3O)C=C2C(C)(C)C1C. The van der Waals surface area contributed by atoms with E-state index in [2.05, 4.69) is 89.3 Å². The second kappa shape index (κ2) is 17.7. The Morgan fingerprint density at radius 3 is 1.89 bits per heavy atom. The second-order valence-corrected chi connectivity index (χ2v) is 21.4. The lowest BCUT2D eigenvalue weighted by Crippen LogP contribution is -2.42. The Morgan fingerprint density at radius 1 is 0.790 bits per heavy atom. The van der Waals surface area contributed by atoms with Gasteiger partial charge in [-0.25, -0.2) is 4.99 Å². The number of hydrogen-bond acceptors (Lipinski definition) is 8. The van der Waals surface area contributed by atoms with Gasteiger partial charge in [0.15, 0.2) is 0 Å². The van der Waals surface area contributed by atoms with Crippen LogP contribution in [-0.2, 0) is 19.8 Å². The van der Waals surface area contributed by atoms with E-state index in [-0.39, 0.29) is 82.3 Å². The number of likely N-dealkylation sites (tertiary alicyclic amines) is 1. The average molecular weight is 912 g/mol. The van der Waals surface area contributed by atoms with Crippen molar-refractivity contribution in [2.45, 2.75) is 121 Å². The number of anilines is 2. The van der Waals surface area contributed by atoms with E-state index >= 15 is 0 Å². The summed E-state index contributed by atoms with van der Waals surface area (Å²) in [6, 6.07) is 19.5. The van der Waals surface area contributed by atoms with Crippen LogP contribution in [0.3, 0.4) is 0 Å². The molecule has 0 bridgehead atoms. The zero-order valence-corrected chi connectivity index (χ0v) is 40.3. The molecule has 3 aromatic carbocycles. The van der Waals surface area contributed by atoms with Gasteiger partial charge in [0.2, 0.25) is 17.6 Å². The maximum atomic E-state index is 14.8. The predicted molar refractivity (Wildman–Crippen MR) is 259 cm³/mol. The van der Waals surface area contributed by atoms with Gasteiger partial charge in [0.05, 0.1) is 22.5 Å². The lowest BCUT2D eigenvalue weighted by molar-refractivity contribution is -0.117. The molecule has 2 amide bonds. The van der Waals surface area contributed by atoms with Gasteiger partial charge in [-0.2, -0.15) is 0 Å². The van der Waals surface area contributed by atoms with Gasteiger partial charge in [-0.15, -0.1) is 23.5 Å². The minimum Gasteiger partial charge on any atom is -0.506 e. The molecule has 326 valence electrons. The number of hydrogen-bond donors (Lipinski definition) is 2. The van der Waals surface area contributed by atoms with Crippen molar-refractivity contribution in [2.24, 2.45) is 10.4 Å². The van der Waals surface area contributed by atoms with Crippen LogP contribution in [0, 0.1) is 5.41 Å². The number of halogens is 2. The van der Waals surface area contributed by atoms with Crippen molar-refractivity contribution in [1.29, 1.82) is 0 Å². The predicted octanol–water partition coefficient (Wildman–Crippen LogP) is 12.3. The number of Topliss-reactive ketones (excluding diaryl/α,β-unsaturated/α-hetero) is 1. The summed E-state index contributed by atoms with van der Waals surface area (Å²) in [6.07, 6.45) is 4.27. The fraction of sp³-hybridized carbons (Fsp3) is 0.400. The number of benzene rings is 3. The first-order chi connectivity index (χ1) is 29.2. The highest BCUT2D eigenvalue weighted by atomic mass is 35.5. The largest absolute Gasteiger partial charge is 0.506 e. The molecule has 8 nitrogen and oxygen atoms in total. The standard InChI is InChI=1S/C50H56Cl2N4O4S2/c1-27(2)55-29(5)49(7,8)37-23-35(39(25-41(37)55)53-43(57)19-21-61-33-15-11-31(51)12-16-33)45-47(59)46(48(45)60)36-24-38-42(56(28(3)4)30(6)50(38,9)10)26-40(36)54-44(58)20-22-62-34-17-13-32(52)14-18-34/h11-18,23-30,59H,19-22H2,1-10H3,(H,53,57)/b46-36-,54-40?. The van der Waals surface area contributed by atoms with E-state index in [9.17, 15) is 19.5 Å². The summed E-state index contributed by atoms with van der Waals surface area (Å²) < 4.78 is 0. The van der Waals surface area contributed by atoms with E-state index < -0.39 is 0 Å². The third kappa shape index (κ3) is 8.57. The molecule has 2 heterocycles. The van der Waals surface area contributed by atoms with Crippen LogP contribution in [-0.4, -0.2) is 69.0 Å². The molecular formula is C50H56Cl2N4O4S2. The lowest BCUT2D eigenvalue weighted by atomic mass is 9.73. The number of amides is 2. The van der Waals surface area contributed by atoms with Gasteiger partial charge in [0, 0.05) is 102 Å². The zero-order valence-electron chi connectivity index (χ0n) is 37.2. The van der Waals surface area contributed by atoms with Gasteiger partial charge in [0.1, 0.15) is 5.76 Å². The topological polar surface area (TPSA) is 102 Å². The summed E-state index contributed by atoms with van der Waals surface area (Å²) in [7, 11) is 0. The number of aliphatic imine (C=N–C) groups is 1. The number of nitrogens with zero attached hydrogens (tertiary/aromatic N) is 3. The average Bonchev–Trinajstić information content (AvgIpc) is 3.52. The summed E-state index contributed by atoms with van der Waals surface area (Å²) in [5.41, 5.74) is 5.34. The summed E-state index contributed by atoms with van der Waals surface area (Å²) in [4.78, 5) is 53.5. The molecule has 1 fully saturated rings. The molecule has 62 heavy (non-hydrogen) atoms. The zero-order chi connectivity index (χ0) is 45.0. The lowest BCUT2D eigenvalue weighted by Gasteiger charge is -2.34. The first-order valence-electron chi connectivity index (χ1n) is 21.3. The van der Waals surface area contributed by atoms with Gasteiger partial charge in [-0.05, 0) is 125 Å². The maximum Gasteiger partial charge on any atom is 0.247 e. The molecule has 2 atom stereocenters. The Morgan fingerprint density at radius 2 is 1.34 bits per heavy atom. The minimum atomic E-state index is -0.368. The molecule has 3 aromatic rings. The number of allylic oxidation sites excluding steroid dienone is 6. The van der Waals surface area contributed by atoms with E-state index in [0.29, 0.717) is 44.1 Å². The van der Waals surface area contributed by atoms with Crippen LogP contribution in [0.2, 0.25) is 10.0 Å². The van der Waals surface area contributed by atoms with Crippen molar-refractivity contribution >= 4 is 87.0 Å². The van der Waals surface area contributed by atoms with Crippen molar-refractivity contribution in [1.82, 2.24) is 4.90 Å². The van der Waals surface area contributed by atoms with E-state index in [0.717, 1.165) is 32.3 Å². The van der Waals surface area contributed by atoms with Crippen LogP contribution in [0.4, 0.5) is 11.4 Å². The van der Waals surface area contributed by atoms with E-state index in [1.165, 1.54) is 0 Å². The number of ketones is 1. The fourth-order valence-corrected chi connectivity index (χ4v) is 11.1. The molecule has 2 N–H and O–H groups in total. The molecule has 7 rings (SSSR count). The van der Waals surface area contributed by atoms with Crippen LogP contribution >= 0.6 is 46.7 Å². The fourth-order valence-electron chi connectivity index (χ4n) is 9.13. The number of carbonyl (C=O) groups is 3. The first-order valence-corrected chi connectivity index (χ1v) is 24.1. The van der Waals surface area contributed by atoms with Gasteiger partial charge >= 0.3 is 0 Å². The molecule has 1 saturated heterocycles.